The summed E-state index contributed by atoms with van der Waals surface area (Å²) in [5.41, 5.74) is 1.41. The molecule has 0 bridgehead atoms. The third-order valence-corrected chi connectivity index (χ3v) is 2.42. The van der Waals surface area contributed by atoms with Crippen LogP contribution in [-0.4, -0.2) is 13.1 Å². The van der Waals surface area contributed by atoms with Crippen LogP contribution in [-0.2, 0) is 0 Å². The highest BCUT2D eigenvalue weighted by Gasteiger charge is 1.93. The van der Waals surface area contributed by atoms with Crippen molar-refractivity contribution in [3.63, 3.8) is 0 Å². The standard InChI is InChI=1S/C9H12.C4H9N/c1-8(2)9-6-4-3-5-7-9;1-2-4-5-3-1/h3-8H,1-2H3;5H,1-4H2. The molecule has 1 fully saturated rings. The van der Waals surface area contributed by atoms with Crippen molar-refractivity contribution in [3.8, 4) is 0 Å². The van der Waals surface area contributed by atoms with Crippen molar-refractivity contribution in [2.24, 2.45) is 0 Å². The van der Waals surface area contributed by atoms with Crippen LogP contribution < -0.4 is 5.32 Å². The van der Waals surface area contributed by atoms with Gasteiger partial charge in [0.05, 0.1) is 0 Å². The highest BCUT2D eigenvalue weighted by atomic mass is 14.9. The van der Waals surface area contributed by atoms with Crippen LogP contribution in [0.2, 0.25) is 0 Å². The molecule has 1 N–H and O–H groups in total. The van der Waals surface area contributed by atoms with Gasteiger partial charge in [0, 0.05) is 0 Å². The van der Waals surface area contributed by atoms with E-state index in [-0.39, 0.29) is 0 Å². The SMILES string of the molecule is C1CCNC1.CC(C)c1ccccc1. The van der Waals surface area contributed by atoms with E-state index in [0.29, 0.717) is 5.92 Å². The predicted molar refractivity (Wildman–Crippen MR) is 62.6 cm³/mol. The van der Waals surface area contributed by atoms with Crippen molar-refractivity contribution in [2.45, 2.75) is 32.6 Å². The van der Waals surface area contributed by atoms with Gasteiger partial charge >= 0.3 is 0 Å². The van der Waals surface area contributed by atoms with Gasteiger partial charge in [-0.2, -0.15) is 0 Å². The zero-order chi connectivity index (χ0) is 10.2. The quantitative estimate of drug-likeness (QED) is 0.719. The van der Waals surface area contributed by atoms with Gasteiger partial charge in [-0.25, -0.2) is 0 Å². The average Bonchev–Trinajstić information content (AvgIpc) is 2.77. The van der Waals surface area contributed by atoms with E-state index in [1.165, 1.54) is 31.5 Å². The van der Waals surface area contributed by atoms with Crippen LogP contribution in [0.1, 0.15) is 38.2 Å². The van der Waals surface area contributed by atoms with Gasteiger partial charge < -0.3 is 5.32 Å². The molecule has 1 heterocycles. The molecule has 0 aromatic heterocycles. The molecule has 0 unspecified atom stereocenters. The van der Waals surface area contributed by atoms with Crippen LogP contribution in [0, 0.1) is 0 Å². The largest absolute Gasteiger partial charge is 0.317 e. The van der Waals surface area contributed by atoms with Crippen LogP contribution in [0.4, 0.5) is 0 Å². The second kappa shape index (κ2) is 6.61. The van der Waals surface area contributed by atoms with Crippen LogP contribution in [0.5, 0.6) is 0 Å². The van der Waals surface area contributed by atoms with E-state index in [4.69, 9.17) is 0 Å². The molecule has 14 heavy (non-hydrogen) atoms. The number of hydrogen-bond donors (Lipinski definition) is 1. The topological polar surface area (TPSA) is 12.0 Å². The molecule has 78 valence electrons. The zero-order valence-corrected chi connectivity index (χ0v) is 9.29. The number of nitrogens with one attached hydrogen (secondary N) is 1. The van der Waals surface area contributed by atoms with E-state index in [1.807, 2.05) is 6.07 Å². The minimum atomic E-state index is 0.659. The van der Waals surface area contributed by atoms with Gasteiger partial charge in [0.2, 0.25) is 0 Å². The fourth-order valence-corrected chi connectivity index (χ4v) is 1.46. The third-order valence-electron chi connectivity index (χ3n) is 2.42. The molecule has 0 radical (unpaired) electrons. The zero-order valence-electron chi connectivity index (χ0n) is 9.29. The molecule has 0 spiro atoms. The predicted octanol–water partition coefficient (Wildman–Crippen LogP) is 3.18. The molecule has 1 aliphatic rings. The van der Waals surface area contributed by atoms with Crippen LogP contribution in [0.15, 0.2) is 30.3 Å². The Morgan fingerprint density at radius 1 is 1.00 bits per heavy atom. The van der Waals surface area contributed by atoms with E-state index in [1.54, 1.807) is 0 Å². The first-order valence-electron chi connectivity index (χ1n) is 5.56. The van der Waals surface area contributed by atoms with Crippen molar-refractivity contribution in [1.29, 1.82) is 0 Å². The summed E-state index contributed by atoms with van der Waals surface area (Å²) < 4.78 is 0. The molecule has 0 saturated carbocycles. The molecule has 0 atom stereocenters. The lowest BCUT2D eigenvalue weighted by atomic mass is 10.0. The molecule has 1 heteroatoms. The lowest BCUT2D eigenvalue weighted by molar-refractivity contribution is 0.857. The molecule has 1 saturated heterocycles. The Morgan fingerprint density at radius 2 is 1.57 bits per heavy atom. The second-order valence-electron chi connectivity index (χ2n) is 4.02. The normalized spacial score (nSPS) is 15.1. The fraction of sp³-hybridized carbons (Fsp3) is 0.538. The van der Waals surface area contributed by atoms with Crippen LogP contribution in [0.25, 0.3) is 0 Å². The summed E-state index contributed by atoms with van der Waals surface area (Å²) in [6.07, 6.45) is 2.78. The van der Waals surface area contributed by atoms with Gasteiger partial charge in [-0.3, -0.25) is 0 Å². The fourth-order valence-electron chi connectivity index (χ4n) is 1.46. The summed E-state index contributed by atoms with van der Waals surface area (Å²) in [5, 5.41) is 3.22. The summed E-state index contributed by atoms with van der Waals surface area (Å²) in [6.45, 7) is 6.91. The Hall–Kier alpha value is -0.820. The number of rotatable bonds is 1. The molecule has 1 nitrogen and oxygen atoms in total. The second-order valence-corrected chi connectivity index (χ2v) is 4.02. The van der Waals surface area contributed by atoms with Gasteiger partial charge in [0.25, 0.3) is 0 Å². The van der Waals surface area contributed by atoms with Gasteiger partial charge in [-0.1, -0.05) is 44.2 Å². The Kier molecular flexibility index (Phi) is 5.31. The van der Waals surface area contributed by atoms with E-state index < -0.39 is 0 Å². The van der Waals surface area contributed by atoms with Crippen molar-refractivity contribution in [3.05, 3.63) is 35.9 Å². The molecule has 2 rings (SSSR count). The van der Waals surface area contributed by atoms with E-state index >= 15 is 0 Å². The summed E-state index contributed by atoms with van der Waals surface area (Å²) >= 11 is 0. The maximum absolute atomic E-state index is 3.22. The first kappa shape index (κ1) is 11.3. The van der Waals surface area contributed by atoms with Crippen molar-refractivity contribution in [1.82, 2.24) is 5.32 Å². The van der Waals surface area contributed by atoms with Crippen molar-refractivity contribution >= 4 is 0 Å². The lowest BCUT2D eigenvalue weighted by Crippen LogP contribution is -2.03. The molecule has 0 amide bonds. The summed E-state index contributed by atoms with van der Waals surface area (Å²) in [4.78, 5) is 0. The average molecular weight is 191 g/mol. The highest BCUT2D eigenvalue weighted by Crippen LogP contribution is 2.11. The maximum Gasteiger partial charge on any atom is -0.00484 e. The summed E-state index contributed by atoms with van der Waals surface area (Å²) in [7, 11) is 0. The minimum Gasteiger partial charge on any atom is -0.317 e. The van der Waals surface area contributed by atoms with Gasteiger partial charge in [-0.15, -0.1) is 0 Å². The lowest BCUT2D eigenvalue weighted by Gasteiger charge is -2.01. The summed E-state index contributed by atoms with van der Waals surface area (Å²) in [5.74, 6) is 0.659. The van der Waals surface area contributed by atoms with E-state index in [9.17, 15) is 0 Å². The molecular weight excluding hydrogens is 170 g/mol. The molecule has 1 aliphatic heterocycles. The smallest absolute Gasteiger partial charge is 0.00484 e. The van der Waals surface area contributed by atoms with Gasteiger partial charge in [-0.05, 0) is 37.4 Å². The highest BCUT2D eigenvalue weighted by molar-refractivity contribution is 5.17. The minimum absolute atomic E-state index is 0.659. The van der Waals surface area contributed by atoms with Gasteiger partial charge in [0.15, 0.2) is 0 Å². The maximum atomic E-state index is 3.22. The molecule has 0 aliphatic carbocycles. The van der Waals surface area contributed by atoms with Crippen molar-refractivity contribution in [2.75, 3.05) is 13.1 Å². The number of benzene rings is 1. The Bertz CT molecular complexity index is 217. The molecular formula is C13H21N. The Morgan fingerprint density at radius 3 is 1.86 bits per heavy atom. The first-order chi connectivity index (χ1) is 6.80. The first-order valence-corrected chi connectivity index (χ1v) is 5.56. The van der Waals surface area contributed by atoms with Crippen molar-refractivity contribution < 1.29 is 0 Å². The Labute approximate surface area is 87.5 Å². The third kappa shape index (κ3) is 4.43. The monoisotopic (exact) mass is 191 g/mol. The number of hydrogen-bond acceptors (Lipinski definition) is 1. The molecule has 1 aromatic rings. The Balaban J connectivity index is 0.000000165. The van der Waals surface area contributed by atoms with Crippen LogP contribution in [0.3, 0.4) is 0 Å². The molecule has 1 aromatic carbocycles. The summed E-state index contributed by atoms with van der Waals surface area (Å²) in [6, 6.07) is 10.5. The van der Waals surface area contributed by atoms with E-state index in [0.717, 1.165) is 0 Å². The van der Waals surface area contributed by atoms with Crippen LogP contribution >= 0.6 is 0 Å². The van der Waals surface area contributed by atoms with E-state index in [2.05, 4.69) is 43.4 Å². The van der Waals surface area contributed by atoms with Gasteiger partial charge in [0.1, 0.15) is 0 Å².